The number of pyridine rings is 1. The van der Waals surface area contributed by atoms with Gasteiger partial charge in [-0.15, -0.1) is 5.10 Å². The maximum Gasteiger partial charge on any atom is 0.252 e. The molecule has 0 aliphatic carbocycles. The van der Waals surface area contributed by atoms with Crippen LogP contribution >= 0.6 is 11.6 Å². The van der Waals surface area contributed by atoms with Gasteiger partial charge in [-0.2, -0.15) is 4.98 Å². The lowest BCUT2D eigenvalue weighted by molar-refractivity contribution is 0.545. The summed E-state index contributed by atoms with van der Waals surface area (Å²) in [5, 5.41) is 5.02. The van der Waals surface area contributed by atoms with Gasteiger partial charge in [-0.1, -0.05) is 44.2 Å². The van der Waals surface area contributed by atoms with Gasteiger partial charge in [0.2, 0.25) is 0 Å². The van der Waals surface area contributed by atoms with Gasteiger partial charge >= 0.3 is 0 Å². The van der Waals surface area contributed by atoms with E-state index < -0.39 is 0 Å². The molecule has 0 unspecified atom stereocenters. The molecule has 0 amide bonds. The molecule has 110 valence electrons. The molecule has 5 nitrogen and oxygen atoms in total. The minimum absolute atomic E-state index is 0.119. The maximum absolute atomic E-state index is 5.89. The highest BCUT2D eigenvalue weighted by Gasteiger charge is 2.19. The lowest BCUT2D eigenvalue weighted by atomic mass is 9.96. The fourth-order valence-corrected chi connectivity index (χ4v) is 1.96. The van der Waals surface area contributed by atoms with Crippen LogP contribution in [0.4, 0.5) is 0 Å². The zero-order valence-electron chi connectivity index (χ0n) is 12.5. The second-order valence-corrected chi connectivity index (χ2v) is 6.35. The Hall–Kier alpha value is -2.45. The fraction of sp³-hybridized carbons (Fsp3) is 0.250. The van der Waals surface area contributed by atoms with E-state index in [1.54, 1.807) is 29.2 Å². The number of fused-ring (bicyclic) bond motifs is 1. The van der Waals surface area contributed by atoms with Crippen LogP contribution in [0, 0.1) is 11.8 Å². The summed E-state index contributed by atoms with van der Waals surface area (Å²) in [4.78, 5) is 12.7. The zero-order chi connectivity index (χ0) is 15.7. The third-order valence-electron chi connectivity index (χ3n) is 2.92. The molecule has 0 saturated heterocycles. The van der Waals surface area contributed by atoms with Gasteiger partial charge in [0.1, 0.15) is 0 Å². The molecule has 0 atom stereocenters. The summed E-state index contributed by atoms with van der Waals surface area (Å²) < 4.78 is 1.65. The number of aromatic nitrogens is 5. The molecule has 0 spiro atoms. The van der Waals surface area contributed by atoms with E-state index in [0.29, 0.717) is 10.8 Å². The minimum atomic E-state index is -0.119. The Morgan fingerprint density at radius 2 is 1.86 bits per heavy atom. The predicted molar refractivity (Wildman–Crippen MR) is 84.7 cm³/mol. The maximum atomic E-state index is 5.89. The van der Waals surface area contributed by atoms with E-state index in [0.717, 1.165) is 17.0 Å². The molecule has 3 rings (SSSR count). The highest BCUT2D eigenvalue weighted by atomic mass is 35.5. The third-order valence-corrected chi connectivity index (χ3v) is 3.13. The Balaban J connectivity index is 1.96. The van der Waals surface area contributed by atoms with Gasteiger partial charge in [0.15, 0.2) is 5.82 Å². The van der Waals surface area contributed by atoms with Crippen molar-refractivity contribution in [1.29, 1.82) is 0 Å². The molecule has 0 radical (unpaired) electrons. The van der Waals surface area contributed by atoms with Gasteiger partial charge < -0.3 is 0 Å². The summed E-state index contributed by atoms with van der Waals surface area (Å²) in [7, 11) is 0. The van der Waals surface area contributed by atoms with E-state index in [-0.39, 0.29) is 5.41 Å². The number of hydrogen-bond donors (Lipinski definition) is 0. The summed E-state index contributed by atoms with van der Waals surface area (Å²) in [6.45, 7) is 6.19. The van der Waals surface area contributed by atoms with Gasteiger partial charge in [0.25, 0.3) is 5.78 Å². The van der Waals surface area contributed by atoms with Crippen molar-refractivity contribution in [2.24, 2.45) is 0 Å². The highest BCUT2D eigenvalue weighted by Crippen LogP contribution is 2.18. The summed E-state index contributed by atoms with van der Waals surface area (Å²) in [6.07, 6.45) is 6.73. The summed E-state index contributed by atoms with van der Waals surface area (Å²) in [5.74, 6) is 7.36. The van der Waals surface area contributed by atoms with Crippen molar-refractivity contribution in [1.82, 2.24) is 24.6 Å². The van der Waals surface area contributed by atoms with Crippen LogP contribution in [0.2, 0.25) is 5.02 Å². The Morgan fingerprint density at radius 3 is 2.59 bits per heavy atom. The van der Waals surface area contributed by atoms with E-state index in [1.165, 1.54) is 0 Å². The molecule has 3 aromatic rings. The quantitative estimate of drug-likeness (QED) is 0.599. The molecule has 0 N–H and O–H groups in total. The third kappa shape index (κ3) is 3.07. The van der Waals surface area contributed by atoms with Crippen LogP contribution in [0.25, 0.3) is 5.78 Å². The van der Waals surface area contributed by atoms with Gasteiger partial charge in [-0.3, -0.25) is 4.98 Å². The molecule has 3 aromatic heterocycles. The standard InChI is InChI=1S/C16H14ClN5/c1-16(2,3)14-20-15-19-8-12(10-22(15)21-14)5-4-11-6-13(17)9-18-7-11/h6-10H,1-3H3. The summed E-state index contributed by atoms with van der Waals surface area (Å²) in [5.41, 5.74) is 1.38. The van der Waals surface area contributed by atoms with Crippen molar-refractivity contribution in [2.45, 2.75) is 26.2 Å². The lowest BCUT2D eigenvalue weighted by Crippen LogP contribution is -2.13. The zero-order valence-corrected chi connectivity index (χ0v) is 13.3. The molecule has 0 fully saturated rings. The SMILES string of the molecule is CC(C)(C)c1nc2ncc(C#Cc3cncc(Cl)c3)cn2n1. The topological polar surface area (TPSA) is 56.0 Å². The molecule has 0 aliphatic rings. The molecular weight excluding hydrogens is 298 g/mol. The van der Waals surface area contributed by atoms with E-state index in [2.05, 4.69) is 52.7 Å². The van der Waals surface area contributed by atoms with Gasteiger partial charge in [0, 0.05) is 35.8 Å². The molecule has 3 heterocycles. The summed E-state index contributed by atoms with van der Waals surface area (Å²) >= 11 is 5.89. The average molecular weight is 312 g/mol. The Bertz CT molecular complexity index is 896. The van der Waals surface area contributed by atoms with Gasteiger partial charge in [0.05, 0.1) is 10.6 Å². The van der Waals surface area contributed by atoms with Gasteiger partial charge in [-0.25, -0.2) is 9.50 Å². The lowest BCUT2D eigenvalue weighted by Gasteiger charge is -2.11. The number of halogens is 1. The Kier molecular flexibility index (Phi) is 3.55. The normalized spacial score (nSPS) is 11.3. The van der Waals surface area contributed by atoms with E-state index in [1.807, 2.05) is 6.20 Å². The number of rotatable bonds is 0. The molecule has 0 bridgehead atoms. The van der Waals surface area contributed by atoms with Crippen LogP contribution in [0.1, 0.15) is 37.7 Å². The molecule has 0 aromatic carbocycles. The van der Waals surface area contributed by atoms with Crippen LogP contribution < -0.4 is 0 Å². The van der Waals surface area contributed by atoms with E-state index >= 15 is 0 Å². The fourth-order valence-electron chi connectivity index (χ4n) is 1.79. The first kappa shape index (κ1) is 14.5. The largest absolute Gasteiger partial charge is 0.262 e. The van der Waals surface area contributed by atoms with Crippen LogP contribution in [0.15, 0.2) is 30.9 Å². The average Bonchev–Trinajstić information content (AvgIpc) is 2.88. The molecule has 0 saturated carbocycles. The van der Waals surface area contributed by atoms with Crippen molar-refractivity contribution in [3.63, 3.8) is 0 Å². The monoisotopic (exact) mass is 311 g/mol. The van der Waals surface area contributed by atoms with Crippen molar-refractivity contribution in [3.8, 4) is 11.8 Å². The van der Waals surface area contributed by atoms with Gasteiger partial charge in [-0.05, 0) is 6.07 Å². The van der Waals surface area contributed by atoms with E-state index in [9.17, 15) is 0 Å². The van der Waals surface area contributed by atoms with Crippen molar-refractivity contribution in [2.75, 3.05) is 0 Å². The van der Waals surface area contributed by atoms with Crippen molar-refractivity contribution in [3.05, 3.63) is 52.8 Å². The predicted octanol–water partition coefficient (Wildman–Crippen LogP) is 2.87. The van der Waals surface area contributed by atoms with Crippen LogP contribution in [0.3, 0.4) is 0 Å². The number of nitrogens with zero attached hydrogens (tertiary/aromatic N) is 5. The second-order valence-electron chi connectivity index (χ2n) is 5.91. The first-order chi connectivity index (χ1) is 10.4. The molecule has 22 heavy (non-hydrogen) atoms. The first-order valence-electron chi connectivity index (χ1n) is 6.77. The highest BCUT2D eigenvalue weighted by molar-refractivity contribution is 6.30. The smallest absolute Gasteiger partial charge is 0.252 e. The molecule has 0 aliphatic heterocycles. The summed E-state index contributed by atoms with van der Waals surface area (Å²) in [6, 6.07) is 1.76. The Morgan fingerprint density at radius 1 is 1.09 bits per heavy atom. The second kappa shape index (κ2) is 5.39. The Labute approximate surface area is 133 Å². The minimum Gasteiger partial charge on any atom is -0.262 e. The van der Waals surface area contributed by atoms with Crippen molar-refractivity contribution >= 4 is 17.4 Å². The van der Waals surface area contributed by atoms with Crippen molar-refractivity contribution < 1.29 is 0 Å². The first-order valence-corrected chi connectivity index (χ1v) is 7.15. The van der Waals surface area contributed by atoms with Crippen LogP contribution in [-0.4, -0.2) is 24.6 Å². The van der Waals surface area contributed by atoms with Crippen LogP contribution in [-0.2, 0) is 5.41 Å². The van der Waals surface area contributed by atoms with Crippen LogP contribution in [0.5, 0.6) is 0 Å². The molecule has 6 heteroatoms. The van der Waals surface area contributed by atoms with E-state index in [4.69, 9.17) is 11.6 Å². The molecular formula is C16H14ClN5. The number of hydrogen-bond acceptors (Lipinski definition) is 4.